The Bertz CT molecular complexity index is 953. The maximum absolute atomic E-state index is 12.2. The molecule has 6 nitrogen and oxygen atoms in total. The van der Waals surface area contributed by atoms with Crippen molar-refractivity contribution in [1.29, 1.82) is 0 Å². The Morgan fingerprint density at radius 1 is 1.12 bits per heavy atom. The van der Waals surface area contributed by atoms with E-state index in [0.29, 0.717) is 10.9 Å². The number of benzene rings is 2. The number of nitrogens with one attached hydrogen (secondary N) is 1. The minimum Gasteiger partial charge on any atom is -0.419 e. The average molecular weight is 364 g/mol. The molecule has 1 N–H and O–H groups in total. The van der Waals surface area contributed by atoms with Gasteiger partial charge in [-0.2, -0.15) is 0 Å². The highest BCUT2D eigenvalue weighted by atomic mass is 35.5. The van der Waals surface area contributed by atoms with Crippen molar-refractivity contribution in [2.75, 3.05) is 0 Å². The number of halogens is 1. The second kappa shape index (κ2) is 6.72. The molecule has 1 heterocycles. The lowest BCUT2D eigenvalue weighted by atomic mass is 10.1. The van der Waals surface area contributed by atoms with Gasteiger partial charge in [-0.25, -0.2) is 13.1 Å². The van der Waals surface area contributed by atoms with Gasteiger partial charge in [0.1, 0.15) is 0 Å². The second-order valence-corrected chi connectivity index (χ2v) is 7.35. The predicted molar refractivity (Wildman–Crippen MR) is 89.9 cm³/mol. The van der Waals surface area contributed by atoms with Gasteiger partial charge in [0.05, 0.1) is 11.4 Å². The fourth-order valence-electron chi connectivity index (χ4n) is 2.07. The summed E-state index contributed by atoms with van der Waals surface area (Å²) in [7, 11) is -3.67. The Kier molecular flexibility index (Phi) is 4.66. The lowest BCUT2D eigenvalue weighted by Crippen LogP contribution is -2.23. The van der Waals surface area contributed by atoms with Gasteiger partial charge in [0.2, 0.25) is 21.8 Å². The van der Waals surface area contributed by atoms with Crippen LogP contribution < -0.4 is 4.72 Å². The van der Waals surface area contributed by atoms with E-state index in [0.717, 1.165) is 11.1 Å². The summed E-state index contributed by atoms with van der Waals surface area (Å²) in [6, 6.07) is 13.5. The van der Waals surface area contributed by atoms with E-state index in [1.807, 2.05) is 31.2 Å². The fourth-order valence-corrected chi connectivity index (χ4v) is 3.17. The highest BCUT2D eigenvalue weighted by Gasteiger charge is 2.16. The van der Waals surface area contributed by atoms with Crippen LogP contribution in [0.1, 0.15) is 11.5 Å². The smallest absolute Gasteiger partial charge is 0.247 e. The molecule has 0 aliphatic heterocycles. The molecule has 2 aromatic carbocycles. The van der Waals surface area contributed by atoms with E-state index in [2.05, 4.69) is 14.9 Å². The van der Waals surface area contributed by atoms with E-state index in [4.69, 9.17) is 16.0 Å². The van der Waals surface area contributed by atoms with Crippen molar-refractivity contribution in [1.82, 2.24) is 14.9 Å². The van der Waals surface area contributed by atoms with Crippen molar-refractivity contribution in [2.45, 2.75) is 18.4 Å². The largest absolute Gasteiger partial charge is 0.419 e. The molecule has 0 saturated heterocycles. The fraction of sp³-hybridized carbons (Fsp3) is 0.125. The number of nitrogens with zero attached hydrogens (tertiary/aromatic N) is 2. The van der Waals surface area contributed by atoms with Crippen molar-refractivity contribution < 1.29 is 12.8 Å². The molecule has 24 heavy (non-hydrogen) atoms. The van der Waals surface area contributed by atoms with E-state index >= 15 is 0 Å². The molecule has 0 aliphatic carbocycles. The summed E-state index contributed by atoms with van der Waals surface area (Å²) in [5.74, 6) is 0.531. The summed E-state index contributed by atoms with van der Waals surface area (Å²) in [4.78, 5) is 0.116. The number of hydrogen-bond acceptors (Lipinski definition) is 5. The molecule has 0 amide bonds. The van der Waals surface area contributed by atoms with Crippen LogP contribution in [0.5, 0.6) is 0 Å². The molecule has 124 valence electrons. The third-order valence-corrected chi connectivity index (χ3v) is 4.94. The van der Waals surface area contributed by atoms with E-state index in [-0.39, 0.29) is 17.3 Å². The third-order valence-electron chi connectivity index (χ3n) is 3.27. The summed E-state index contributed by atoms with van der Waals surface area (Å²) in [5.41, 5.74) is 1.85. The molecule has 0 unspecified atom stereocenters. The normalized spacial score (nSPS) is 11.6. The van der Waals surface area contributed by atoms with Gasteiger partial charge in [0.25, 0.3) is 0 Å². The molecule has 0 saturated carbocycles. The molecule has 0 atom stereocenters. The van der Waals surface area contributed by atoms with Crippen molar-refractivity contribution in [3.8, 4) is 11.5 Å². The first-order valence-corrected chi connectivity index (χ1v) is 8.95. The van der Waals surface area contributed by atoms with Gasteiger partial charge in [-0.15, -0.1) is 10.2 Å². The van der Waals surface area contributed by atoms with Crippen molar-refractivity contribution >= 4 is 21.6 Å². The Labute approximate surface area is 144 Å². The first-order chi connectivity index (χ1) is 11.4. The van der Waals surface area contributed by atoms with Crippen LogP contribution in [0.15, 0.2) is 57.8 Å². The van der Waals surface area contributed by atoms with Crippen LogP contribution in [-0.4, -0.2) is 18.6 Å². The van der Waals surface area contributed by atoms with Gasteiger partial charge in [-0.1, -0.05) is 29.3 Å². The number of sulfonamides is 1. The number of hydrogen-bond donors (Lipinski definition) is 1. The highest BCUT2D eigenvalue weighted by Crippen LogP contribution is 2.19. The monoisotopic (exact) mass is 363 g/mol. The molecule has 0 aliphatic rings. The Balaban J connectivity index is 1.72. The van der Waals surface area contributed by atoms with Crippen molar-refractivity contribution in [2.24, 2.45) is 0 Å². The van der Waals surface area contributed by atoms with Crippen LogP contribution in [0.2, 0.25) is 5.02 Å². The Morgan fingerprint density at radius 3 is 2.58 bits per heavy atom. The van der Waals surface area contributed by atoms with Crippen LogP contribution in [0.3, 0.4) is 0 Å². The van der Waals surface area contributed by atoms with E-state index in [9.17, 15) is 8.42 Å². The quantitative estimate of drug-likeness (QED) is 0.752. The van der Waals surface area contributed by atoms with Crippen LogP contribution in [0.25, 0.3) is 11.5 Å². The summed E-state index contributed by atoms with van der Waals surface area (Å²) in [6.07, 6.45) is 0. The van der Waals surface area contributed by atoms with E-state index < -0.39 is 10.0 Å². The zero-order chi connectivity index (χ0) is 17.2. The van der Waals surface area contributed by atoms with Crippen LogP contribution in [0.4, 0.5) is 0 Å². The van der Waals surface area contributed by atoms with Gasteiger partial charge in [-0.3, -0.25) is 0 Å². The van der Waals surface area contributed by atoms with Gasteiger partial charge >= 0.3 is 0 Å². The Hall–Kier alpha value is -2.22. The minimum absolute atomic E-state index is 0.0935. The van der Waals surface area contributed by atoms with E-state index in [1.165, 1.54) is 24.3 Å². The molecule has 8 heteroatoms. The topological polar surface area (TPSA) is 85.1 Å². The maximum Gasteiger partial charge on any atom is 0.247 e. The molecular weight excluding hydrogens is 350 g/mol. The summed E-state index contributed by atoms with van der Waals surface area (Å²) >= 11 is 5.76. The molecule has 3 aromatic rings. The van der Waals surface area contributed by atoms with Gasteiger partial charge in [-0.05, 0) is 43.3 Å². The highest BCUT2D eigenvalue weighted by molar-refractivity contribution is 7.89. The molecule has 0 spiro atoms. The molecular formula is C16H14ClN3O3S. The summed E-state index contributed by atoms with van der Waals surface area (Å²) in [5, 5.41) is 8.28. The minimum atomic E-state index is -3.67. The summed E-state index contributed by atoms with van der Waals surface area (Å²) in [6.45, 7) is 1.87. The van der Waals surface area contributed by atoms with Gasteiger partial charge in [0, 0.05) is 10.6 Å². The second-order valence-electron chi connectivity index (χ2n) is 5.15. The summed E-state index contributed by atoms with van der Waals surface area (Å²) < 4.78 is 32.3. The molecule has 1 aromatic heterocycles. The standard InChI is InChI=1S/C16H14ClN3O3S/c1-11-3-2-4-12(9-11)16-20-19-15(23-16)10-18-24(21,22)14-7-5-13(17)6-8-14/h2-9,18H,10H2,1H3. The lowest BCUT2D eigenvalue weighted by Gasteiger charge is -2.04. The Morgan fingerprint density at radius 2 is 1.88 bits per heavy atom. The first-order valence-electron chi connectivity index (χ1n) is 7.09. The molecule has 0 radical (unpaired) electrons. The SMILES string of the molecule is Cc1cccc(-c2nnc(CNS(=O)(=O)c3ccc(Cl)cc3)o2)c1. The average Bonchev–Trinajstić information content (AvgIpc) is 3.03. The first kappa shape index (κ1) is 16.6. The van der Waals surface area contributed by atoms with Gasteiger partial charge < -0.3 is 4.42 Å². The molecule has 3 rings (SSSR count). The van der Waals surface area contributed by atoms with Crippen molar-refractivity contribution in [3.63, 3.8) is 0 Å². The number of aryl methyl sites for hydroxylation is 1. The zero-order valence-electron chi connectivity index (χ0n) is 12.7. The maximum atomic E-state index is 12.2. The van der Waals surface area contributed by atoms with Crippen LogP contribution in [0, 0.1) is 6.92 Å². The van der Waals surface area contributed by atoms with Crippen LogP contribution >= 0.6 is 11.6 Å². The lowest BCUT2D eigenvalue weighted by molar-refractivity contribution is 0.494. The third kappa shape index (κ3) is 3.81. The molecule has 0 bridgehead atoms. The molecule has 0 fully saturated rings. The van der Waals surface area contributed by atoms with Gasteiger partial charge in [0.15, 0.2) is 0 Å². The number of rotatable bonds is 5. The van der Waals surface area contributed by atoms with E-state index in [1.54, 1.807) is 0 Å². The van der Waals surface area contributed by atoms with Crippen LogP contribution in [-0.2, 0) is 16.6 Å². The number of aromatic nitrogens is 2. The zero-order valence-corrected chi connectivity index (χ0v) is 14.3. The predicted octanol–water partition coefficient (Wildman–Crippen LogP) is 3.18. The van der Waals surface area contributed by atoms with Crippen molar-refractivity contribution in [3.05, 3.63) is 65.0 Å².